The van der Waals surface area contributed by atoms with Gasteiger partial charge in [0.15, 0.2) is 5.78 Å². The molecule has 0 bridgehead atoms. The van der Waals surface area contributed by atoms with E-state index in [9.17, 15) is 9.90 Å². The van der Waals surface area contributed by atoms with Gasteiger partial charge in [-0.3, -0.25) is 4.79 Å². The minimum absolute atomic E-state index is 0.0185. The molecule has 0 amide bonds. The van der Waals surface area contributed by atoms with E-state index in [2.05, 4.69) is 26.8 Å². The zero-order chi connectivity index (χ0) is 17.3. The lowest BCUT2D eigenvalue weighted by molar-refractivity contribution is -0.116. The highest BCUT2D eigenvalue weighted by Gasteiger charge is 2.59. The second kappa shape index (κ2) is 5.30. The van der Waals surface area contributed by atoms with Crippen molar-refractivity contribution in [1.82, 2.24) is 0 Å². The third-order valence-electron chi connectivity index (χ3n) is 8.42. The molecule has 2 saturated carbocycles. The molecule has 132 valence electrons. The summed E-state index contributed by atoms with van der Waals surface area (Å²) in [4.78, 5) is 12.3. The first kappa shape index (κ1) is 16.6. The number of carbonyl (C=O) groups is 1. The molecule has 0 saturated heterocycles. The van der Waals surface area contributed by atoms with Gasteiger partial charge in [0.2, 0.25) is 0 Å². The predicted octanol–water partition coefficient (Wildman–Crippen LogP) is 4.83. The fourth-order valence-electron chi connectivity index (χ4n) is 7.34. The summed E-state index contributed by atoms with van der Waals surface area (Å²) in [5.41, 5.74) is 4.05. The van der Waals surface area contributed by atoms with Crippen molar-refractivity contribution in [3.05, 3.63) is 22.8 Å². The monoisotopic (exact) mass is 328 g/mol. The van der Waals surface area contributed by atoms with Gasteiger partial charge in [0, 0.05) is 5.41 Å². The highest BCUT2D eigenvalue weighted by Crippen LogP contribution is 2.65. The molecular formula is C22H32O2. The smallest absolute Gasteiger partial charge is 0.156 e. The first-order valence-corrected chi connectivity index (χ1v) is 9.89. The van der Waals surface area contributed by atoms with Crippen molar-refractivity contribution < 1.29 is 9.90 Å². The minimum atomic E-state index is -0.183. The van der Waals surface area contributed by atoms with Crippen LogP contribution < -0.4 is 0 Å². The number of allylic oxidation sites excluding steroid dienone is 3. The highest BCUT2D eigenvalue weighted by molar-refractivity contribution is 5.96. The molecule has 2 fully saturated rings. The van der Waals surface area contributed by atoms with Crippen LogP contribution in [-0.4, -0.2) is 17.0 Å². The van der Waals surface area contributed by atoms with Crippen molar-refractivity contribution in [3.8, 4) is 0 Å². The first-order chi connectivity index (χ1) is 11.3. The zero-order valence-electron chi connectivity index (χ0n) is 15.7. The van der Waals surface area contributed by atoms with Crippen molar-refractivity contribution in [1.29, 1.82) is 0 Å². The lowest BCUT2D eigenvalue weighted by atomic mass is 9.47. The van der Waals surface area contributed by atoms with Gasteiger partial charge in [0.1, 0.15) is 0 Å². The van der Waals surface area contributed by atoms with E-state index >= 15 is 0 Å². The maximum Gasteiger partial charge on any atom is 0.156 e. The Morgan fingerprint density at radius 3 is 2.71 bits per heavy atom. The van der Waals surface area contributed by atoms with Gasteiger partial charge < -0.3 is 5.11 Å². The van der Waals surface area contributed by atoms with Crippen molar-refractivity contribution in [2.75, 3.05) is 0 Å². The topological polar surface area (TPSA) is 37.3 Å². The van der Waals surface area contributed by atoms with Crippen molar-refractivity contribution in [3.63, 3.8) is 0 Å². The SMILES string of the molecule is CC(=O)C1=C(C)C[C@H]2[C@@H]3CC=C4CCCC(O)[C@]4(C)[C@H]3CC[C@]12C. The molecule has 0 heterocycles. The van der Waals surface area contributed by atoms with Gasteiger partial charge in [0.05, 0.1) is 6.10 Å². The third-order valence-corrected chi connectivity index (χ3v) is 8.42. The molecule has 24 heavy (non-hydrogen) atoms. The first-order valence-electron chi connectivity index (χ1n) is 9.89. The molecule has 2 nitrogen and oxygen atoms in total. The molecule has 4 rings (SSSR count). The second-order valence-corrected chi connectivity index (χ2v) is 9.40. The van der Waals surface area contributed by atoms with Gasteiger partial charge in [-0.05, 0) is 87.5 Å². The van der Waals surface area contributed by atoms with Crippen LogP contribution in [-0.2, 0) is 4.79 Å². The van der Waals surface area contributed by atoms with E-state index in [-0.39, 0.29) is 22.7 Å². The number of fused-ring (bicyclic) bond motifs is 5. The summed E-state index contributed by atoms with van der Waals surface area (Å²) in [6.07, 6.45) is 10.1. The van der Waals surface area contributed by atoms with Crippen LogP contribution >= 0.6 is 0 Å². The van der Waals surface area contributed by atoms with Crippen LogP contribution in [0.25, 0.3) is 0 Å². The van der Waals surface area contributed by atoms with Crippen LogP contribution in [0.3, 0.4) is 0 Å². The van der Waals surface area contributed by atoms with Gasteiger partial charge in [0.25, 0.3) is 0 Å². The Hall–Kier alpha value is -0.890. The summed E-state index contributed by atoms with van der Waals surface area (Å²) in [5, 5.41) is 10.9. The number of aliphatic hydroxyl groups is 1. The average molecular weight is 328 g/mol. The van der Waals surface area contributed by atoms with E-state index in [1.165, 1.54) is 17.6 Å². The zero-order valence-corrected chi connectivity index (χ0v) is 15.7. The molecule has 0 aliphatic heterocycles. The Morgan fingerprint density at radius 1 is 1.25 bits per heavy atom. The summed E-state index contributed by atoms with van der Waals surface area (Å²) in [7, 11) is 0. The summed E-state index contributed by atoms with van der Waals surface area (Å²) >= 11 is 0. The minimum Gasteiger partial charge on any atom is -0.392 e. The van der Waals surface area contributed by atoms with E-state index in [4.69, 9.17) is 0 Å². The number of hydrogen-bond acceptors (Lipinski definition) is 2. The quantitative estimate of drug-likeness (QED) is 0.700. The Bertz CT molecular complexity index is 642. The Labute approximate surface area is 146 Å². The fraction of sp³-hybridized carbons (Fsp3) is 0.773. The average Bonchev–Trinajstić information content (AvgIpc) is 2.79. The van der Waals surface area contributed by atoms with Crippen LogP contribution in [0.5, 0.6) is 0 Å². The summed E-state index contributed by atoms with van der Waals surface area (Å²) < 4.78 is 0. The predicted molar refractivity (Wildman–Crippen MR) is 96.5 cm³/mol. The number of hydrogen-bond donors (Lipinski definition) is 1. The molecule has 1 unspecified atom stereocenters. The maximum absolute atomic E-state index is 12.3. The van der Waals surface area contributed by atoms with Gasteiger partial charge in [-0.15, -0.1) is 0 Å². The summed E-state index contributed by atoms with van der Waals surface area (Å²) in [6, 6.07) is 0. The summed E-state index contributed by atoms with van der Waals surface area (Å²) in [6.45, 7) is 8.61. The van der Waals surface area contributed by atoms with Gasteiger partial charge in [-0.25, -0.2) is 0 Å². The van der Waals surface area contributed by atoms with Gasteiger partial charge in [-0.2, -0.15) is 0 Å². The van der Waals surface area contributed by atoms with E-state index in [1.54, 1.807) is 6.92 Å². The number of Topliss-reactive ketones (excluding diaryl/α,β-unsaturated/α-hetero) is 1. The van der Waals surface area contributed by atoms with Crippen molar-refractivity contribution in [2.24, 2.45) is 28.6 Å². The normalized spacial score (nSPS) is 47.6. The van der Waals surface area contributed by atoms with E-state index in [1.807, 2.05) is 0 Å². The highest BCUT2D eigenvalue weighted by atomic mass is 16.3. The number of carbonyl (C=O) groups excluding carboxylic acids is 1. The molecule has 2 heteroatoms. The van der Waals surface area contributed by atoms with Gasteiger partial charge >= 0.3 is 0 Å². The standard InChI is InChI=1S/C22H32O2/c1-13-12-18-16-9-8-15-6-5-7-19(24)22(15,4)17(16)10-11-21(18,3)20(13)14(2)23/h8,16-19,24H,5-7,9-12H2,1-4H3/t16-,17+,18+,19?,21+,22+/m1/s1. The molecule has 4 aliphatic rings. The Kier molecular flexibility index (Phi) is 3.66. The maximum atomic E-state index is 12.3. The fourth-order valence-corrected chi connectivity index (χ4v) is 7.34. The van der Waals surface area contributed by atoms with Crippen LogP contribution in [0.2, 0.25) is 0 Å². The lowest BCUT2D eigenvalue weighted by Gasteiger charge is -2.58. The number of rotatable bonds is 1. The van der Waals surface area contributed by atoms with E-state index in [0.717, 1.165) is 44.1 Å². The molecule has 0 radical (unpaired) electrons. The van der Waals surface area contributed by atoms with Crippen LogP contribution in [0, 0.1) is 28.6 Å². The van der Waals surface area contributed by atoms with Crippen molar-refractivity contribution in [2.45, 2.75) is 78.7 Å². The molecule has 4 aliphatic carbocycles. The summed E-state index contributed by atoms with van der Waals surface area (Å²) in [5.74, 6) is 2.08. The molecule has 0 aromatic rings. The second-order valence-electron chi connectivity index (χ2n) is 9.40. The van der Waals surface area contributed by atoms with Crippen LogP contribution in [0.15, 0.2) is 22.8 Å². The molecule has 0 spiro atoms. The number of ketones is 1. The Morgan fingerprint density at radius 2 is 2.00 bits per heavy atom. The molecular weight excluding hydrogens is 296 g/mol. The van der Waals surface area contributed by atoms with Crippen molar-refractivity contribution >= 4 is 5.78 Å². The molecule has 0 aromatic heterocycles. The van der Waals surface area contributed by atoms with E-state index in [0.29, 0.717) is 17.8 Å². The lowest BCUT2D eigenvalue weighted by Crippen LogP contribution is -2.53. The molecule has 6 atom stereocenters. The van der Waals surface area contributed by atoms with Gasteiger partial charge in [-0.1, -0.05) is 31.1 Å². The van der Waals surface area contributed by atoms with Crippen LogP contribution in [0.4, 0.5) is 0 Å². The Balaban J connectivity index is 1.73. The van der Waals surface area contributed by atoms with E-state index < -0.39 is 0 Å². The van der Waals surface area contributed by atoms with Crippen LogP contribution in [0.1, 0.15) is 72.6 Å². The third kappa shape index (κ3) is 1.95. The largest absolute Gasteiger partial charge is 0.392 e. The molecule has 1 N–H and O–H groups in total. The number of aliphatic hydroxyl groups excluding tert-OH is 1. The molecule has 0 aromatic carbocycles.